The summed E-state index contributed by atoms with van der Waals surface area (Å²) in [4.78, 5) is 26.4. The van der Waals surface area contributed by atoms with Crippen LogP contribution in [0.25, 0.3) is 0 Å². The van der Waals surface area contributed by atoms with Gasteiger partial charge in [-0.15, -0.1) is 0 Å². The lowest BCUT2D eigenvalue weighted by Gasteiger charge is -2.31. The molecule has 0 aromatic rings. The minimum absolute atomic E-state index is 0.117. The summed E-state index contributed by atoms with van der Waals surface area (Å²) in [7, 11) is 4.73. The van der Waals surface area contributed by atoms with Gasteiger partial charge in [-0.25, -0.2) is 9.59 Å². The van der Waals surface area contributed by atoms with E-state index in [1.54, 1.807) is 14.2 Å². The van der Waals surface area contributed by atoms with E-state index in [0.29, 0.717) is 19.6 Å². The zero-order chi connectivity index (χ0) is 14.6. The molecule has 0 saturated carbocycles. The summed E-state index contributed by atoms with van der Waals surface area (Å²) in [5, 5.41) is 9.18. The number of amides is 2. The van der Waals surface area contributed by atoms with Crippen LogP contribution in [0.1, 0.15) is 13.3 Å². The van der Waals surface area contributed by atoms with Crippen LogP contribution in [0, 0.1) is 0 Å². The number of methoxy groups -OCH3 is 2. The van der Waals surface area contributed by atoms with Gasteiger partial charge in [0.1, 0.15) is 6.04 Å². The zero-order valence-electron chi connectivity index (χ0n) is 11.8. The SMILES string of the molecule is COCC(C)N(C)C(=O)N1CC(OC)CC1C(=O)O. The predicted molar refractivity (Wildman–Crippen MR) is 68.0 cm³/mol. The van der Waals surface area contributed by atoms with Crippen molar-refractivity contribution in [3.63, 3.8) is 0 Å². The number of hydrogen-bond donors (Lipinski definition) is 1. The molecule has 2 amide bonds. The Morgan fingerprint density at radius 1 is 1.47 bits per heavy atom. The van der Waals surface area contributed by atoms with Gasteiger partial charge >= 0.3 is 12.0 Å². The first-order valence-electron chi connectivity index (χ1n) is 6.20. The fraction of sp³-hybridized carbons (Fsp3) is 0.833. The Morgan fingerprint density at radius 2 is 2.11 bits per heavy atom. The van der Waals surface area contributed by atoms with Crippen molar-refractivity contribution in [2.75, 3.05) is 34.4 Å². The van der Waals surface area contributed by atoms with Gasteiger partial charge in [0.15, 0.2) is 0 Å². The summed E-state index contributed by atoms with van der Waals surface area (Å²) >= 11 is 0. The number of carboxylic acids is 1. The van der Waals surface area contributed by atoms with E-state index in [0.717, 1.165) is 0 Å². The third-order valence-corrected chi connectivity index (χ3v) is 3.50. The highest BCUT2D eigenvalue weighted by atomic mass is 16.5. The van der Waals surface area contributed by atoms with Gasteiger partial charge < -0.3 is 24.4 Å². The molecule has 1 fully saturated rings. The maximum Gasteiger partial charge on any atom is 0.326 e. The Bertz CT molecular complexity index is 336. The molecular formula is C12H22N2O5. The molecule has 110 valence electrons. The van der Waals surface area contributed by atoms with Gasteiger partial charge in [0, 0.05) is 34.2 Å². The molecule has 1 aliphatic rings. The molecule has 0 spiro atoms. The van der Waals surface area contributed by atoms with Crippen LogP contribution >= 0.6 is 0 Å². The maximum absolute atomic E-state index is 12.3. The van der Waals surface area contributed by atoms with Crippen LogP contribution in [-0.2, 0) is 14.3 Å². The molecule has 7 nitrogen and oxygen atoms in total. The van der Waals surface area contributed by atoms with Gasteiger partial charge in [-0.3, -0.25) is 0 Å². The van der Waals surface area contributed by atoms with Gasteiger partial charge in [0.25, 0.3) is 0 Å². The zero-order valence-corrected chi connectivity index (χ0v) is 11.8. The Balaban J connectivity index is 2.76. The maximum atomic E-state index is 12.3. The van der Waals surface area contributed by atoms with E-state index in [9.17, 15) is 14.7 Å². The number of hydrogen-bond acceptors (Lipinski definition) is 4. The van der Waals surface area contributed by atoms with Crippen molar-refractivity contribution in [1.82, 2.24) is 9.80 Å². The molecule has 1 aliphatic heterocycles. The molecule has 0 bridgehead atoms. The number of aliphatic carboxylic acids is 1. The molecule has 19 heavy (non-hydrogen) atoms. The summed E-state index contributed by atoms with van der Waals surface area (Å²) in [5.74, 6) is -0.999. The molecule has 0 radical (unpaired) electrons. The van der Waals surface area contributed by atoms with E-state index in [1.165, 1.54) is 16.9 Å². The van der Waals surface area contributed by atoms with Crippen molar-refractivity contribution < 1.29 is 24.2 Å². The molecule has 3 unspecified atom stereocenters. The molecule has 1 rings (SSSR count). The van der Waals surface area contributed by atoms with E-state index in [-0.39, 0.29) is 18.2 Å². The smallest absolute Gasteiger partial charge is 0.326 e. The van der Waals surface area contributed by atoms with Crippen LogP contribution in [0.5, 0.6) is 0 Å². The largest absolute Gasteiger partial charge is 0.480 e. The number of likely N-dealkylation sites (N-methyl/N-ethyl adjacent to an activating group) is 1. The van der Waals surface area contributed by atoms with Gasteiger partial charge in [-0.05, 0) is 6.92 Å². The third-order valence-electron chi connectivity index (χ3n) is 3.50. The molecule has 0 aromatic carbocycles. The first-order valence-corrected chi connectivity index (χ1v) is 6.20. The van der Waals surface area contributed by atoms with Crippen molar-refractivity contribution in [2.24, 2.45) is 0 Å². The molecule has 3 atom stereocenters. The second kappa shape index (κ2) is 6.72. The van der Waals surface area contributed by atoms with E-state index in [2.05, 4.69) is 0 Å². The van der Waals surface area contributed by atoms with Gasteiger partial charge in [-0.1, -0.05) is 0 Å². The Hall–Kier alpha value is -1.34. The van der Waals surface area contributed by atoms with Crippen LogP contribution < -0.4 is 0 Å². The summed E-state index contributed by atoms with van der Waals surface area (Å²) in [6.07, 6.45) is 0.0977. The van der Waals surface area contributed by atoms with Crippen molar-refractivity contribution in [3.05, 3.63) is 0 Å². The summed E-state index contributed by atoms with van der Waals surface area (Å²) in [5.41, 5.74) is 0. The number of carbonyl (C=O) groups excluding carboxylic acids is 1. The second-order valence-corrected chi connectivity index (χ2v) is 4.80. The first-order chi connectivity index (χ1) is 8.92. The number of urea groups is 1. The van der Waals surface area contributed by atoms with E-state index < -0.39 is 12.0 Å². The average molecular weight is 274 g/mol. The lowest BCUT2D eigenvalue weighted by molar-refractivity contribution is -0.141. The minimum atomic E-state index is -0.999. The van der Waals surface area contributed by atoms with Crippen LogP contribution in [0.2, 0.25) is 0 Å². The van der Waals surface area contributed by atoms with Gasteiger partial charge in [-0.2, -0.15) is 0 Å². The average Bonchev–Trinajstić information content (AvgIpc) is 2.81. The van der Waals surface area contributed by atoms with Crippen molar-refractivity contribution in [3.8, 4) is 0 Å². The number of nitrogens with zero attached hydrogens (tertiary/aromatic N) is 2. The van der Waals surface area contributed by atoms with E-state index in [1.807, 2.05) is 6.92 Å². The topological polar surface area (TPSA) is 79.3 Å². The minimum Gasteiger partial charge on any atom is -0.480 e. The number of carboxylic acid groups (broad SMARTS) is 1. The van der Waals surface area contributed by atoms with Crippen LogP contribution in [0.15, 0.2) is 0 Å². The second-order valence-electron chi connectivity index (χ2n) is 4.80. The summed E-state index contributed by atoms with van der Waals surface area (Å²) in [6.45, 7) is 2.55. The lowest BCUT2D eigenvalue weighted by atomic mass is 10.2. The number of likely N-dealkylation sites (tertiary alicyclic amines) is 1. The molecule has 0 aliphatic carbocycles. The van der Waals surface area contributed by atoms with Gasteiger partial charge in [0.2, 0.25) is 0 Å². The molecule has 1 saturated heterocycles. The Morgan fingerprint density at radius 3 is 2.58 bits per heavy atom. The number of carbonyl (C=O) groups is 2. The van der Waals surface area contributed by atoms with Crippen LogP contribution in [0.4, 0.5) is 4.79 Å². The third kappa shape index (κ3) is 3.57. The molecular weight excluding hydrogens is 252 g/mol. The fourth-order valence-electron chi connectivity index (χ4n) is 2.16. The van der Waals surface area contributed by atoms with Gasteiger partial charge in [0.05, 0.1) is 18.8 Å². The molecule has 0 aromatic heterocycles. The number of rotatable bonds is 5. The highest BCUT2D eigenvalue weighted by Gasteiger charge is 2.41. The normalized spacial score (nSPS) is 24.3. The first kappa shape index (κ1) is 15.7. The molecule has 7 heteroatoms. The van der Waals surface area contributed by atoms with Crippen molar-refractivity contribution >= 4 is 12.0 Å². The fourth-order valence-corrected chi connectivity index (χ4v) is 2.16. The molecule has 1 N–H and O–H groups in total. The lowest BCUT2D eigenvalue weighted by Crippen LogP contribution is -2.50. The standard InChI is InChI=1S/C12H22N2O5/c1-8(7-18-3)13(2)12(17)14-6-9(19-4)5-10(14)11(15)16/h8-10H,5-7H2,1-4H3,(H,15,16). The van der Waals surface area contributed by atoms with Crippen LogP contribution in [0.3, 0.4) is 0 Å². The van der Waals surface area contributed by atoms with E-state index >= 15 is 0 Å². The highest BCUT2D eigenvalue weighted by molar-refractivity contribution is 5.83. The quantitative estimate of drug-likeness (QED) is 0.777. The Labute approximate surface area is 113 Å². The number of ether oxygens (including phenoxy) is 2. The van der Waals surface area contributed by atoms with Crippen molar-refractivity contribution in [1.29, 1.82) is 0 Å². The highest BCUT2D eigenvalue weighted by Crippen LogP contribution is 2.22. The predicted octanol–water partition coefficient (Wildman–Crippen LogP) is 0.247. The summed E-state index contributed by atoms with van der Waals surface area (Å²) < 4.78 is 10.2. The molecule has 1 heterocycles. The van der Waals surface area contributed by atoms with Crippen molar-refractivity contribution in [2.45, 2.75) is 31.5 Å². The Kier molecular flexibility index (Phi) is 5.56. The van der Waals surface area contributed by atoms with E-state index in [4.69, 9.17) is 9.47 Å². The van der Waals surface area contributed by atoms with Crippen LogP contribution in [-0.4, -0.2) is 79.5 Å². The monoisotopic (exact) mass is 274 g/mol. The summed E-state index contributed by atoms with van der Waals surface area (Å²) in [6, 6.07) is -1.25.